The maximum absolute atomic E-state index is 13.5. The minimum absolute atomic E-state index is 0.0362. The van der Waals surface area contributed by atoms with Gasteiger partial charge in [0.05, 0.1) is 10.7 Å². The number of nitrogens with one attached hydrogen (secondary N) is 1. The average molecular weight is 331 g/mol. The summed E-state index contributed by atoms with van der Waals surface area (Å²) in [6, 6.07) is 9.56. The number of phenols is 1. The van der Waals surface area contributed by atoms with Crippen molar-refractivity contribution in [3.8, 4) is 5.75 Å². The third-order valence-electron chi connectivity index (χ3n) is 2.42. The maximum Gasteiger partial charge on any atom is 0.146 e. The lowest BCUT2D eigenvalue weighted by Gasteiger charge is -2.09. The number of phenolic OH excluding ortho intramolecular Hbond substituents is 1. The first-order valence-corrected chi connectivity index (χ1v) is 6.39. The first-order chi connectivity index (χ1) is 8.56. The summed E-state index contributed by atoms with van der Waals surface area (Å²) in [4.78, 5) is 0. The third-order valence-corrected chi connectivity index (χ3v) is 3.22. The summed E-state index contributed by atoms with van der Waals surface area (Å²) in [5.41, 5.74) is 1.27. The van der Waals surface area contributed by atoms with E-state index in [1.165, 1.54) is 12.1 Å². The van der Waals surface area contributed by atoms with Crippen LogP contribution in [0.5, 0.6) is 5.75 Å². The molecule has 2 N–H and O–H groups in total. The van der Waals surface area contributed by atoms with E-state index >= 15 is 0 Å². The predicted molar refractivity (Wildman–Crippen MR) is 74.5 cm³/mol. The van der Waals surface area contributed by atoms with Crippen LogP contribution in [0.2, 0.25) is 5.02 Å². The number of hydrogen-bond donors (Lipinski definition) is 2. The highest BCUT2D eigenvalue weighted by molar-refractivity contribution is 9.10. The van der Waals surface area contributed by atoms with E-state index < -0.39 is 0 Å². The molecule has 0 radical (unpaired) electrons. The summed E-state index contributed by atoms with van der Waals surface area (Å²) in [5, 5.41) is 12.5. The van der Waals surface area contributed by atoms with Gasteiger partial charge >= 0.3 is 0 Å². The van der Waals surface area contributed by atoms with E-state index in [2.05, 4.69) is 21.2 Å². The van der Waals surface area contributed by atoms with Gasteiger partial charge in [-0.15, -0.1) is 0 Å². The van der Waals surface area contributed by atoms with Crippen molar-refractivity contribution in [2.75, 3.05) is 5.32 Å². The van der Waals surface area contributed by atoms with Gasteiger partial charge in [-0.2, -0.15) is 0 Å². The number of rotatable bonds is 3. The van der Waals surface area contributed by atoms with Gasteiger partial charge in [0, 0.05) is 11.0 Å². The Hall–Kier alpha value is -1.26. The highest BCUT2D eigenvalue weighted by Gasteiger charge is 2.04. The van der Waals surface area contributed by atoms with E-state index in [-0.39, 0.29) is 16.6 Å². The number of benzene rings is 2. The molecule has 18 heavy (non-hydrogen) atoms. The fourth-order valence-electron chi connectivity index (χ4n) is 1.49. The van der Waals surface area contributed by atoms with E-state index in [4.69, 9.17) is 11.6 Å². The molecule has 2 aromatic carbocycles. The fraction of sp³-hybridized carbons (Fsp3) is 0.0769. The number of hydrogen-bond acceptors (Lipinski definition) is 2. The Morgan fingerprint density at radius 1 is 1.22 bits per heavy atom. The Kier molecular flexibility index (Phi) is 4.09. The monoisotopic (exact) mass is 329 g/mol. The zero-order chi connectivity index (χ0) is 13.1. The molecule has 0 fully saturated rings. The molecule has 2 rings (SSSR count). The Labute approximate surface area is 118 Å². The lowest BCUT2D eigenvalue weighted by Crippen LogP contribution is -2.01. The molecule has 0 aliphatic heterocycles. The standard InChI is InChI=1S/C13H10BrClFNO/c14-9-2-3-11(16)12(6-9)17-7-8-1-4-13(18)10(15)5-8/h1-6,17-18H,7H2. The molecule has 94 valence electrons. The summed E-state index contributed by atoms with van der Waals surface area (Å²) in [5.74, 6) is -0.280. The van der Waals surface area contributed by atoms with Gasteiger partial charge in [-0.25, -0.2) is 4.39 Å². The molecule has 0 aromatic heterocycles. The smallest absolute Gasteiger partial charge is 0.146 e. The molecule has 0 aliphatic carbocycles. The first kappa shape index (κ1) is 13.2. The van der Waals surface area contributed by atoms with Crippen molar-refractivity contribution < 1.29 is 9.50 Å². The van der Waals surface area contributed by atoms with Crippen LogP contribution >= 0.6 is 27.5 Å². The number of halogens is 3. The zero-order valence-electron chi connectivity index (χ0n) is 9.25. The van der Waals surface area contributed by atoms with Crippen molar-refractivity contribution in [2.45, 2.75) is 6.54 Å². The third kappa shape index (κ3) is 3.15. The van der Waals surface area contributed by atoms with E-state index in [0.29, 0.717) is 12.2 Å². The van der Waals surface area contributed by atoms with Gasteiger partial charge in [0.2, 0.25) is 0 Å². The molecule has 0 amide bonds. The quantitative estimate of drug-likeness (QED) is 0.864. The van der Waals surface area contributed by atoms with Crippen LogP contribution in [-0.4, -0.2) is 5.11 Å². The second-order valence-electron chi connectivity index (χ2n) is 3.76. The van der Waals surface area contributed by atoms with Crippen molar-refractivity contribution >= 4 is 33.2 Å². The van der Waals surface area contributed by atoms with Crippen LogP contribution in [0, 0.1) is 5.82 Å². The molecular weight excluding hydrogens is 321 g/mol. The van der Waals surface area contributed by atoms with Gasteiger partial charge in [0.15, 0.2) is 0 Å². The second kappa shape index (κ2) is 5.59. The zero-order valence-corrected chi connectivity index (χ0v) is 11.6. The number of aromatic hydroxyl groups is 1. The Morgan fingerprint density at radius 2 is 2.00 bits per heavy atom. The lowest BCUT2D eigenvalue weighted by molar-refractivity contribution is 0.475. The normalized spacial score (nSPS) is 10.4. The molecule has 0 unspecified atom stereocenters. The van der Waals surface area contributed by atoms with E-state index in [1.54, 1.807) is 24.3 Å². The van der Waals surface area contributed by atoms with Crippen molar-refractivity contribution in [2.24, 2.45) is 0 Å². The van der Waals surface area contributed by atoms with Crippen LogP contribution in [0.15, 0.2) is 40.9 Å². The average Bonchev–Trinajstić information content (AvgIpc) is 2.34. The highest BCUT2D eigenvalue weighted by atomic mass is 79.9. The summed E-state index contributed by atoms with van der Waals surface area (Å²) < 4.78 is 14.3. The molecule has 5 heteroatoms. The molecule has 0 spiro atoms. The van der Waals surface area contributed by atoms with Crippen molar-refractivity contribution in [1.29, 1.82) is 0 Å². The molecule has 0 bridgehead atoms. The van der Waals surface area contributed by atoms with Gasteiger partial charge in [-0.05, 0) is 35.9 Å². The summed E-state index contributed by atoms with van der Waals surface area (Å²) in [6.45, 7) is 0.424. The maximum atomic E-state index is 13.5. The second-order valence-corrected chi connectivity index (χ2v) is 5.09. The SMILES string of the molecule is Oc1ccc(CNc2cc(Br)ccc2F)cc1Cl. The van der Waals surface area contributed by atoms with Gasteiger partial charge in [0.25, 0.3) is 0 Å². The first-order valence-electron chi connectivity index (χ1n) is 5.22. The van der Waals surface area contributed by atoms with Gasteiger partial charge in [-0.1, -0.05) is 33.6 Å². The molecule has 0 saturated heterocycles. The summed E-state index contributed by atoms with van der Waals surface area (Å²) in [7, 11) is 0. The summed E-state index contributed by atoms with van der Waals surface area (Å²) >= 11 is 9.08. The van der Waals surface area contributed by atoms with Crippen LogP contribution in [0.3, 0.4) is 0 Å². The van der Waals surface area contributed by atoms with E-state index in [0.717, 1.165) is 10.0 Å². The minimum Gasteiger partial charge on any atom is -0.506 e. The molecule has 0 aliphatic rings. The van der Waals surface area contributed by atoms with Crippen LogP contribution < -0.4 is 5.32 Å². The van der Waals surface area contributed by atoms with Crippen molar-refractivity contribution in [3.63, 3.8) is 0 Å². The van der Waals surface area contributed by atoms with Crippen molar-refractivity contribution in [1.82, 2.24) is 0 Å². The van der Waals surface area contributed by atoms with Crippen LogP contribution in [0.25, 0.3) is 0 Å². The Morgan fingerprint density at radius 3 is 2.72 bits per heavy atom. The number of anilines is 1. The van der Waals surface area contributed by atoms with Gasteiger partial charge < -0.3 is 10.4 Å². The molecule has 2 nitrogen and oxygen atoms in total. The van der Waals surface area contributed by atoms with Crippen LogP contribution in [-0.2, 0) is 6.54 Å². The minimum atomic E-state index is -0.317. The van der Waals surface area contributed by atoms with Crippen LogP contribution in [0.1, 0.15) is 5.56 Å². The lowest BCUT2D eigenvalue weighted by atomic mass is 10.2. The van der Waals surface area contributed by atoms with E-state index in [1.807, 2.05) is 0 Å². The summed E-state index contributed by atoms with van der Waals surface area (Å²) in [6.07, 6.45) is 0. The van der Waals surface area contributed by atoms with Crippen molar-refractivity contribution in [3.05, 3.63) is 57.3 Å². The molecule has 0 heterocycles. The van der Waals surface area contributed by atoms with Crippen LogP contribution in [0.4, 0.5) is 10.1 Å². The molecular formula is C13H10BrClFNO. The Bertz CT molecular complexity index is 577. The largest absolute Gasteiger partial charge is 0.506 e. The Balaban J connectivity index is 2.11. The van der Waals surface area contributed by atoms with Gasteiger partial charge in [0.1, 0.15) is 11.6 Å². The van der Waals surface area contributed by atoms with Gasteiger partial charge in [-0.3, -0.25) is 0 Å². The molecule has 0 saturated carbocycles. The predicted octanol–water partition coefficient (Wildman–Crippen LogP) is 4.56. The topological polar surface area (TPSA) is 32.3 Å². The fourth-order valence-corrected chi connectivity index (χ4v) is 2.05. The van der Waals surface area contributed by atoms with E-state index in [9.17, 15) is 9.50 Å². The highest BCUT2D eigenvalue weighted by Crippen LogP contribution is 2.25. The molecule has 0 atom stereocenters. The molecule has 2 aromatic rings.